The zero-order valence-electron chi connectivity index (χ0n) is 9.23. The van der Waals surface area contributed by atoms with Crippen molar-refractivity contribution in [2.75, 3.05) is 18.9 Å². The van der Waals surface area contributed by atoms with Crippen molar-refractivity contribution in [1.82, 2.24) is 4.57 Å². The second-order valence-electron chi connectivity index (χ2n) is 4.52. The Balaban J connectivity index is 1.93. The molecular weight excluding hydrogens is 200 g/mol. The minimum Gasteiger partial charge on any atom is -0.399 e. The second kappa shape index (κ2) is 3.83. The van der Waals surface area contributed by atoms with E-state index in [-0.39, 0.29) is 0 Å². The summed E-state index contributed by atoms with van der Waals surface area (Å²) in [6, 6.07) is 8.22. The van der Waals surface area contributed by atoms with E-state index in [1.165, 1.54) is 17.3 Å². The van der Waals surface area contributed by atoms with Gasteiger partial charge in [0.05, 0.1) is 12.1 Å². The Morgan fingerprint density at radius 3 is 3.12 bits per heavy atom. The number of fused-ring (bicyclic) bond motifs is 1. The zero-order chi connectivity index (χ0) is 11.0. The number of nitrogens with two attached hydrogens (primary N) is 1. The number of hydrogen-bond donors (Lipinski definition) is 1. The molecule has 1 aromatic heterocycles. The molecule has 1 fully saturated rings. The molecule has 1 aliphatic heterocycles. The maximum Gasteiger partial charge on any atom is 0.0512 e. The van der Waals surface area contributed by atoms with Crippen LogP contribution in [0.2, 0.25) is 0 Å². The van der Waals surface area contributed by atoms with E-state index < -0.39 is 0 Å². The molecule has 0 bridgehead atoms. The van der Waals surface area contributed by atoms with Crippen molar-refractivity contribution in [3.05, 3.63) is 30.5 Å². The Morgan fingerprint density at radius 2 is 2.31 bits per heavy atom. The van der Waals surface area contributed by atoms with Gasteiger partial charge in [0.2, 0.25) is 0 Å². The molecule has 1 aromatic carbocycles. The summed E-state index contributed by atoms with van der Waals surface area (Å²) in [7, 11) is 0. The first-order valence-electron chi connectivity index (χ1n) is 5.75. The van der Waals surface area contributed by atoms with Gasteiger partial charge in [-0.25, -0.2) is 0 Å². The molecule has 3 heteroatoms. The highest BCUT2D eigenvalue weighted by atomic mass is 16.5. The summed E-state index contributed by atoms with van der Waals surface area (Å²) in [4.78, 5) is 0. The highest BCUT2D eigenvalue weighted by Gasteiger charge is 2.16. The molecule has 0 radical (unpaired) electrons. The van der Waals surface area contributed by atoms with E-state index in [0.717, 1.165) is 25.4 Å². The van der Waals surface area contributed by atoms with E-state index in [4.69, 9.17) is 10.5 Å². The van der Waals surface area contributed by atoms with Crippen LogP contribution in [0.5, 0.6) is 0 Å². The zero-order valence-corrected chi connectivity index (χ0v) is 9.23. The van der Waals surface area contributed by atoms with Gasteiger partial charge in [-0.15, -0.1) is 0 Å². The lowest BCUT2D eigenvalue weighted by molar-refractivity contribution is 0.183. The van der Waals surface area contributed by atoms with Crippen LogP contribution in [0.4, 0.5) is 5.69 Å². The molecule has 2 heterocycles. The number of nitrogen functional groups attached to an aromatic ring is 1. The summed E-state index contributed by atoms with van der Waals surface area (Å²) in [6.45, 7) is 2.83. The van der Waals surface area contributed by atoms with Gasteiger partial charge in [-0.2, -0.15) is 0 Å². The molecule has 0 amide bonds. The van der Waals surface area contributed by atoms with Crippen LogP contribution in [0.3, 0.4) is 0 Å². The molecule has 2 N–H and O–H groups in total. The first kappa shape index (κ1) is 9.73. The number of hydrogen-bond acceptors (Lipinski definition) is 2. The van der Waals surface area contributed by atoms with Crippen LogP contribution < -0.4 is 5.73 Å². The normalized spacial score (nSPS) is 20.6. The van der Waals surface area contributed by atoms with Crippen LogP contribution in [-0.4, -0.2) is 17.8 Å². The molecule has 3 nitrogen and oxygen atoms in total. The second-order valence-corrected chi connectivity index (χ2v) is 4.52. The molecule has 16 heavy (non-hydrogen) atoms. The fraction of sp³-hybridized carbons (Fsp3) is 0.385. The number of ether oxygens (including phenoxy) is 1. The van der Waals surface area contributed by atoms with Crippen molar-refractivity contribution >= 4 is 16.6 Å². The number of benzene rings is 1. The summed E-state index contributed by atoms with van der Waals surface area (Å²) in [5.74, 6) is 0.650. The Hall–Kier alpha value is -1.48. The lowest BCUT2D eigenvalue weighted by Gasteiger charge is -2.10. The van der Waals surface area contributed by atoms with Crippen LogP contribution in [0.1, 0.15) is 6.42 Å². The van der Waals surface area contributed by atoms with Gasteiger partial charge in [0.1, 0.15) is 0 Å². The largest absolute Gasteiger partial charge is 0.399 e. The minimum atomic E-state index is 0.650. The van der Waals surface area contributed by atoms with E-state index >= 15 is 0 Å². The molecule has 0 spiro atoms. The van der Waals surface area contributed by atoms with Crippen molar-refractivity contribution in [2.24, 2.45) is 5.92 Å². The molecule has 1 unspecified atom stereocenters. The summed E-state index contributed by atoms with van der Waals surface area (Å²) in [5, 5.41) is 1.26. The van der Waals surface area contributed by atoms with Gasteiger partial charge in [-0.05, 0) is 30.0 Å². The van der Waals surface area contributed by atoms with E-state index in [1.807, 2.05) is 12.1 Å². The van der Waals surface area contributed by atoms with Crippen LogP contribution in [0.15, 0.2) is 30.5 Å². The van der Waals surface area contributed by atoms with Crippen LogP contribution in [0, 0.1) is 5.92 Å². The van der Waals surface area contributed by atoms with Crippen molar-refractivity contribution in [2.45, 2.75) is 13.0 Å². The smallest absolute Gasteiger partial charge is 0.0512 e. The SMILES string of the molecule is Nc1ccc2ccn(CC3CCOC3)c2c1. The van der Waals surface area contributed by atoms with Gasteiger partial charge in [0, 0.05) is 31.0 Å². The summed E-state index contributed by atoms with van der Waals surface area (Å²) < 4.78 is 7.69. The summed E-state index contributed by atoms with van der Waals surface area (Å²) in [6.07, 6.45) is 3.31. The van der Waals surface area contributed by atoms with E-state index in [1.54, 1.807) is 0 Å². The topological polar surface area (TPSA) is 40.2 Å². The predicted molar refractivity (Wildman–Crippen MR) is 65.3 cm³/mol. The fourth-order valence-corrected chi connectivity index (χ4v) is 2.37. The van der Waals surface area contributed by atoms with Crippen molar-refractivity contribution in [1.29, 1.82) is 0 Å². The average Bonchev–Trinajstić information content (AvgIpc) is 2.90. The quantitative estimate of drug-likeness (QED) is 0.782. The first-order valence-corrected chi connectivity index (χ1v) is 5.75. The summed E-state index contributed by atoms with van der Waals surface area (Å²) >= 11 is 0. The molecule has 1 aliphatic rings. The Bertz CT molecular complexity index is 498. The minimum absolute atomic E-state index is 0.650. The van der Waals surface area contributed by atoms with Crippen molar-refractivity contribution < 1.29 is 4.74 Å². The van der Waals surface area contributed by atoms with Crippen molar-refractivity contribution in [3.8, 4) is 0 Å². The third-order valence-corrected chi connectivity index (χ3v) is 3.28. The third-order valence-electron chi connectivity index (χ3n) is 3.28. The number of nitrogens with zero attached hydrogens (tertiary/aromatic N) is 1. The lowest BCUT2D eigenvalue weighted by Crippen LogP contribution is -2.09. The van der Waals surface area contributed by atoms with Gasteiger partial charge in [-0.1, -0.05) is 6.07 Å². The molecule has 0 saturated carbocycles. The molecule has 1 atom stereocenters. The van der Waals surface area contributed by atoms with E-state index in [2.05, 4.69) is 22.9 Å². The van der Waals surface area contributed by atoms with Crippen LogP contribution in [-0.2, 0) is 11.3 Å². The Kier molecular flexibility index (Phi) is 2.33. The Labute approximate surface area is 94.8 Å². The van der Waals surface area contributed by atoms with Gasteiger partial charge in [0.25, 0.3) is 0 Å². The lowest BCUT2D eigenvalue weighted by atomic mass is 10.1. The highest BCUT2D eigenvalue weighted by Crippen LogP contribution is 2.22. The number of rotatable bonds is 2. The average molecular weight is 216 g/mol. The van der Waals surface area contributed by atoms with Gasteiger partial charge in [0.15, 0.2) is 0 Å². The Morgan fingerprint density at radius 1 is 1.38 bits per heavy atom. The molecule has 84 valence electrons. The molecule has 1 saturated heterocycles. The van der Waals surface area contributed by atoms with Gasteiger partial charge >= 0.3 is 0 Å². The van der Waals surface area contributed by atoms with Gasteiger partial charge < -0.3 is 15.0 Å². The maximum atomic E-state index is 5.82. The molecule has 0 aliphatic carbocycles. The highest BCUT2D eigenvalue weighted by molar-refractivity contribution is 5.83. The van der Waals surface area contributed by atoms with E-state index in [9.17, 15) is 0 Å². The van der Waals surface area contributed by atoms with Gasteiger partial charge in [-0.3, -0.25) is 0 Å². The predicted octanol–water partition coefficient (Wildman–Crippen LogP) is 2.26. The first-order chi connectivity index (χ1) is 7.83. The number of aromatic nitrogens is 1. The van der Waals surface area contributed by atoms with E-state index in [0.29, 0.717) is 5.92 Å². The maximum absolute atomic E-state index is 5.82. The third kappa shape index (κ3) is 1.67. The number of anilines is 1. The monoisotopic (exact) mass is 216 g/mol. The summed E-state index contributed by atoms with van der Waals surface area (Å²) in [5.41, 5.74) is 7.88. The van der Waals surface area contributed by atoms with Crippen LogP contribution >= 0.6 is 0 Å². The standard InChI is InChI=1S/C13H16N2O/c14-12-2-1-11-3-5-15(13(11)7-12)8-10-4-6-16-9-10/h1-3,5,7,10H,4,6,8-9,14H2. The molecule has 2 aromatic rings. The molecule has 3 rings (SSSR count). The van der Waals surface area contributed by atoms with Crippen LogP contribution in [0.25, 0.3) is 10.9 Å². The fourth-order valence-electron chi connectivity index (χ4n) is 2.37. The molecular formula is C13H16N2O. The van der Waals surface area contributed by atoms with Crippen molar-refractivity contribution in [3.63, 3.8) is 0 Å².